The molecule has 0 bridgehead atoms. The molecule has 0 saturated carbocycles. The van der Waals surface area contributed by atoms with Gasteiger partial charge in [-0.15, -0.1) is 0 Å². The molecule has 2 rings (SSSR count). The third kappa shape index (κ3) is 4.00. The number of nitrogens with one attached hydrogen (secondary N) is 1. The van der Waals surface area contributed by atoms with Crippen LogP contribution in [0.25, 0.3) is 0 Å². The summed E-state index contributed by atoms with van der Waals surface area (Å²) in [5.41, 5.74) is 1.19. The molecule has 1 aromatic heterocycles. The van der Waals surface area contributed by atoms with Crippen LogP contribution in [0.3, 0.4) is 0 Å². The molecule has 1 atom stereocenters. The highest BCUT2D eigenvalue weighted by molar-refractivity contribution is 14.1. The number of aromatic nitrogens is 2. The van der Waals surface area contributed by atoms with Gasteiger partial charge in [-0.25, -0.2) is 9.97 Å². The second-order valence-corrected chi connectivity index (χ2v) is 7.96. The first-order valence-corrected chi connectivity index (χ1v) is 9.69. The van der Waals surface area contributed by atoms with Crippen molar-refractivity contribution >= 4 is 40.2 Å². The van der Waals surface area contributed by atoms with E-state index in [1.54, 1.807) is 0 Å². The Balaban J connectivity index is 2.32. The summed E-state index contributed by atoms with van der Waals surface area (Å²) < 4.78 is 1.19. The van der Waals surface area contributed by atoms with Crippen molar-refractivity contribution in [1.82, 2.24) is 9.97 Å². The molecule has 1 saturated heterocycles. The summed E-state index contributed by atoms with van der Waals surface area (Å²) in [7, 11) is 0. The van der Waals surface area contributed by atoms with Crippen LogP contribution >= 0.6 is 34.4 Å². The molecule has 1 aliphatic heterocycles. The molecule has 112 valence electrons. The topological polar surface area (TPSA) is 37.8 Å². The first kappa shape index (κ1) is 16.3. The summed E-state index contributed by atoms with van der Waals surface area (Å²) in [6.45, 7) is 7.59. The Labute approximate surface area is 140 Å². The Hall–Kier alpha value is -0.0400. The van der Waals surface area contributed by atoms with E-state index in [1.807, 2.05) is 11.8 Å². The van der Waals surface area contributed by atoms with Gasteiger partial charge in [0.2, 0.25) is 0 Å². The van der Waals surface area contributed by atoms with Crippen molar-refractivity contribution < 1.29 is 0 Å². The number of nitrogens with zero attached hydrogens (tertiary/aromatic N) is 2. The number of halogens is 1. The molecule has 0 aromatic carbocycles. The number of hydrogen-bond donors (Lipinski definition) is 1. The molecule has 0 spiro atoms. The maximum atomic E-state index is 4.88. The van der Waals surface area contributed by atoms with E-state index in [0.29, 0.717) is 11.2 Å². The fraction of sp³-hybridized carbons (Fsp3) is 0.733. The van der Waals surface area contributed by atoms with Crippen LogP contribution in [-0.2, 0) is 0 Å². The van der Waals surface area contributed by atoms with E-state index in [1.165, 1.54) is 34.3 Å². The first-order chi connectivity index (χ1) is 9.63. The zero-order chi connectivity index (χ0) is 14.5. The van der Waals surface area contributed by atoms with Gasteiger partial charge in [-0.2, -0.15) is 11.8 Å². The highest BCUT2D eigenvalue weighted by atomic mass is 127. The molecular formula is C15H24IN3S. The number of anilines is 1. The fourth-order valence-electron chi connectivity index (χ4n) is 2.31. The Morgan fingerprint density at radius 2 is 2.15 bits per heavy atom. The molecular weight excluding hydrogens is 381 g/mol. The van der Waals surface area contributed by atoms with E-state index < -0.39 is 0 Å². The SMILES string of the molecule is CCCNc1nc(C2CCCCS2)nc(C(C)C)c1I. The lowest BCUT2D eigenvalue weighted by atomic mass is 10.1. The van der Waals surface area contributed by atoms with Crippen LogP contribution in [0.1, 0.15) is 69.1 Å². The van der Waals surface area contributed by atoms with Gasteiger partial charge < -0.3 is 5.32 Å². The summed E-state index contributed by atoms with van der Waals surface area (Å²) >= 11 is 4.41. The van der Waals surface area contributed by atoms with E-state index in [0.717, 1.165) is 24.6 Å². The van der Waals surface area contributed by atoms with Crippen molar-refractivity contribution in [3.8, 4) is 0 Å². The summed E-state index contributed by atoms with van der Waals surface area (Å²) in [6, 6.07) is 0. The second kappa shape index (κ2) is 7.82. The minimum atomic E-state index is 0.444. The maximum Gasteiger partial charge on any atom is 0.144 e. The molecule has 0 aliphatic carbocycles. The predicted octanol–water partition coefficient (Wildman–Crippen LogP) is 4.98. The van der Waals surface area contributed by atoms with Crippen molar-refractivity contribution in [3.05, 3.63) is 15.1 Å². The highest BCUT2D eigenvalue weighted by Gasteiger charge is 2.22. The van der Waals surface area contributed by atoms with Crippen molar-refractivity contribution in [2.24, 2.45) is 0 Å². The van der Waals surface area contributed by atoms with Crippen LogP contribution in [0.4, 0.5) is 5.82 Å². The second-order valence-electron chi connectivity index (χ2n) is 5.57. The molecule has 1 fully saturated rings. The third-order valence-corrected chi connectivity index (χ3v) is 5.89. The average molecular weight is 405 g/mol. The van der Waals surface area contributed by atoms with Gasteiger partial charge >= 0.3 is 0 Å². The quantitative estimate of drug-likeness (QED) is 0.701. The molecule has 5 heteroatoms. The Morgan fingerprint density at radius 1 is 1.35 bits per heavy atom. The molecule has 1 N–H and O–H groups in total. The van der Waals surface area contributed by atoms with Gasteiger partial charge in [-0.05, 0) is 53.5 Å². The van der Waals surface area contributed by atoms with Gasteiger partial charge in [0.25, 0.3) is 0 Å². The highest BCUT2D eigenvalue weighted by Crippen LogP contribution is 2.38. The summed E-state index contributed by atoms with van der Waals surface area (Å²) in [6.07, 6.45) is 4.98. The van der Waals surface area contributed by atoms with Crippen molar-refractivity contribution in [2.75, 3.05) is 17.6 Å². The van der Waals surface area contributed by atoms with Crippen LogP contribution in [0.5, 0.6) is 0 Å². The number of thioether (sulfide) groups is 1. The fourth-order valence-corrected chi connectivity index (χ4v) is 4.61. The van der Waals surface area contributed by atoms with Gasteiger partial charge in [0.1, 0.15) is 11.6 Å². The van der Waals surface area contributed by atoms with Crippen LogP contribution in [0.2, 0.25) is 0 Å². The van der Waals surface area contributed by atoms with E-state index in [4.69, 9.17) is 9.97 Å². The Morgan fingerprint density at radius 3 is 2.75 bits per heavy atom. The molecule has 1 aromatic rings. The molecule has 1 unspecified atom stereocenters. The monoisotopic (exact) mass is 405 g/mol. The lowest BCUT2D eigenvalue weighted by Gasteiger charge is -2.22. The zero-order valence-electron chi connectivity index (χ0n) is 12.6. The average Bonchev–Trinajstić information content (AvgIpc) is 2.46. The van der Waals surface area contributed by atoms with Gasteiger partial charge in [0.05, 0.1) is 14.5 Å². The molecule has 0 amide bonds. The van der Waals surface area contributed by atoms with Gasteiger partial charge in [0.15, 0.2) is 0 Å². The maximum absolute atomic E-state index is 4.88. The normalized spacial score (nSPS) is 19.4. The van der Waals surface area contributed by atoms with Crippen LogP contribution in [0, 0.1) is 3.57 Å². The van der Waals surface area contributed by atoms with Gasteiger partial charge in [-0.3, -0.25) is 0 Å². The summed E-state index contributed by atoms with van der Waals surface area (Å²) in [4.78, 5) is 9.71. The largest absolute Gasteiger partial charge is 0.369 e. The summed E-state index contributed by atoms with van der Waals surface area (Å²) in [5.74, 6) is 3.76. The van der Waals surface area contributed by atoms with Crippen molar-refractivity contribution in [1.29, 1.82) is 0 Å². The minimum absolute atomic E-state index is 0.444. The van der Waals surface area contributed by atoms with Crippen molar-refractivity contribution in [3.63, 3.8) is 0 Å². The zero-order valence-corrected chi connectivity index (χ0v) is 15.6. The van der Waals surface area contributed by atoms with E-state index in [2.05, 4.69) is 48.7 Å². The molecule has 2 heterocycles. The molecule has 0 radical (unpaired) electrons. The van der Waals surface area contributed by atoms with Gasteiger partial charge in [0, 0.05) is 6.54 Å². The number of hydrogen-bond acceptors (Lipinski definition) is 4. The van der Waals surface area contributed by atoms with Crippen LogP contribution < -0.4 is 5.32 Å². The lowest BCUT2D eigenvalue weighted by molar-refractivity contribution is 0.653. The van der Waals surface area contributed by atoms with E-state index >= 15 is 0 Å². The van der Waals surface area contributed by atoms with E-state index in [-0.39, 0.29) is 0 Å². The number of rotatable bonds is 5. The smallest absolute Gasteiger partial charge is 0.144 e. The molecule has 3 nitrogen and oxygen atoms in total. The van der Waals surface area contributed by atoms with Crippen molar-refractivity contribution in [2.45, 2.75) is 57.6 Å². The summed E-state index contributed by atoms with van der Waals surface area (Å²) in [5, 5.41) is 3.96. The Bertz CT molecular complexity index is 445. The Kier molecular flexibility index (Phi) is 6.39. The molecule has 1 aliphatic rings. The lowest BCUT2D eigenvalue weighted by Crippen LogP contribution is -2.14. The minimum Gasteiger partial charge on any atom is -0.369 e. The third-order valence-electron chi connectivity index (χ3n) is 3.45. The predicted molar refractivity (Wildman–Crippen MR) is 96.7 cm³/mol. The first-order valence-electron chi connectivity index (χ1n) is 7.56. The van der Waals surface area contributed by atoms with Crippen LogP contribution in [-0.4, -0.2) is 22.3 Å². The van der Waals surface area contributed by atoms with E-state index in [9.17, 15) is 0 Å². The van der Waals surface area contributed by atoms with Crippen LogP contribution in [0.15, 0.2) is 0 Å². The standard InChI is InChI=1S/C15H24IN3S/c1-4-8-17-15-12(16)13(10(2)3)18-14(19-15)11-7-5-6-9-20-11/h10-11H,4-9H2,1-3H3,(H,17,18,19). The van der Waals surface area contributed by atoms with Gasteiger partial charge in [-0.1, -0.05) is 27.2 Å². The molecule has 20 heavy (non-hydrogen) atoms.